The van der Waals surface area contributed by atoms with E-state index in [2.05, 4.69) is 19.6 Å². The fourth-order valence-corrected chi connectivity index (χ4v) is 7.45. The molecule has 0 aliphatic heterocycles. The summed E-state index contributed by atoms with van der Waals surface area (Å²) in [7, 11) is -1.58. The van der Waals surface area contributed by atoms with E-state index >= 15 is 0 Å². The Labute approximate surface area is 96.5 Å². The Kier molecular flexibility index (Phi) is 6.94. The van der Waals surface area contributed by atoms with Crippen molar-refractivity contribution < 1.29 is 13.3 Å². The van der Waals surface area contributed by atoms with E-state index < -0.39 is 16.9 Å². The molecule has 0 saturated carbocycles. The van der Waals surface area contributed by atoms with E-state index in [0.29, 0.717) is 0 Å². The lowest BCUT2D eigenvalue weighted by molar-refractivity contribution is 0.190. The predicted octanol–water partition coefficient (Wildman–Crippen LogP) is 2.98. The first-order chi connectivity index (χ1) is 6.89. The average molecular weight is 250 g/mol. The van der Waals surface area contributed by atoms with Crippen molar-refractivity contribution >= 4 is 16.9 Å². The maximum atomic E-state index is 5.79. The lowest BCUT2D eigenvalue weighted by Gasteiger charge is -2.29. The second-order valence-electron chi connectivity index (χ2n) is 4.46. The van der Waals surface area contributed by atoms with Crippen LogP contribution in [0.3, 0.4) is 0 Å². The molecule has 0 fully saturated rings. The third-order valence-corrected chi connectivity index (χ3v) is 8.65. The van der Waals surface area contributed by atoms with Crippen molar-refractivity contribution in [1.82, 2.24) is 0 Å². The molecule has 0 aromatic heterocycles. The molecule has 0 bridgehead atoms. The zero-order chi connectivity index (χ0) is 11.9. The second-order valence-corrected chi connectivity index (χ2v) is 12.2. The third-order valence-electron chi connectivity index (χ3n) is 2.63. The SMILES string of the molecule is CCO[Si](C)(CC[Si](C)(C)OC)OCC. The Morgan fingerprint density at radius 3 is 1.67 bits per heavy atom. The zero-order valence-corrected chi connectivity index (χ0v) is 13.1. The molecule has 0 atom stereocenters. The van der Waals surface area contributed by atoms with Gasteiger partial charge in [0, 0.05) is 20.3 Å². The molecule has 0 aliphatic rings. The molecule has 0 heterocycles. The van der Waals surface area contributed by atoms with Crippen molar-refractivity contribution in [2.24, 2.45) is 0 Å². The zero-order valence-electron chi connectivity index (χ0n) is 11.1. The van der Waals surface area contributed by atoms with Gasteiger partial charge in [-0.1, -0.05) is 0 Å². The summed E-state index contributed by atoms with van der Waals surface area (Å²) in [5.74, 6) is 0. The normalized spacial score (nSPS) is 13.2. The Hall–Kier alpha value is 0.314. The molecule has 5 heteroatoms. The molecular formula is C10H26O3Si2. The quantitative estimate of drug-likeness (QED) is 0.620. The van der Waals surface area contributed by atoms with Crippen LogP contribution in [0.1, 0.15) is 13.8 Å². The van der Waals surface area contributed by atoms with Gasteiger partial charge in [0.1, 0.15) is 0 Å². The van der Waals surface area contributed by atoms with E-state index in [4.69, 9.17) is 13.3 Å². The van der Waals surface area contributed by atoms with Crippen molar-refractivity contribution in [1.29, 1.82) is 0 Å². The predicted molar refractivity (Wildman–Crippen MR) is 69.0 cm³/mol. The van der Waals surface area contributed by atoms with Gasteiger partial charge in [0.05, 0.1) is 0 Å². The monoisotopic (exact) mass is 250 g/mol. The summed E-state index contributed by atoms with van der Waals surface area (Å²) in [6, 6.07) is 2.16. The fraction of sp³-hybridized carbons (Fsp3) is 1.00. The van der Waals surface area contributed by atoms with Crippen LogP contribution in [0.5, 0.6) is 0 Å². The van der Waals surface area contributed by atoms with Crippen molar-refractivity contribution in [2.45, 2.75) is 45.6 Å². The highest BCUT2D eigenvalue weighted by atomic mass is 28.4. The highest BCUT2D eigenvalue weighted by Gasteiger charge is 2.34. The Morgan fingerprint density at radius 1 is 0.867 bits per heavy atom. The third kappa shape index (κ3) is 6.47. The average Bonchev–Trinajstić information content (AvgIpc) is 2.16. The lowest BCUT2D eigenvalue weighted by Crippen LogP contribution is -2.41. The highest BCUT2D eigenvalue weighted by molar-refractivity contribution is 6.74. The molecule has 3 nitrogen and oxygen atoms in total. The minimum Gasteiger partial charge on any atom is -0.420 e. The standard InChI is InChI=1S/C10H26O3Si2/c1-7-12-15(6,13-8-2)10-9-14(4,5)11-3/h7-10H2,1-6H3. The number of rotatable bonds is 8. The van der Waals surface area contributed by atoms with E-state index in [0.717, 1.165) is 25.3 Å². The van der Waals surface area contributed by atoms with Crippen molar-refractivity contribution in [3.05, 3.63) is 0 Å². The molecule has 0 aromatic rings. The fourth-order valence-electron chi connectivity index (χ4n) is 1.43. The van der Waals surface area contributed by atoms with Crippen LogP contribution < -0.4 is 0 Å². The molecule has 0 spiro atoms. The van der Waals surface area contributed by atoms with Crippen LogP contribution in [0.25, 0.3) is 0 Å². The molecule has 0 amide bonds. The van der Waals surface area contributed by atoms with Crippen molar-refractivity contribution in [3.63, 3.8) is 0 Å². The smallest absolute Gasteiger partial charge is 0.334 e. The van der Waals surface area contributed by atoms with E-state index in [1.807, 2.05) is 21.0 Å². The molecule has 0 rings (SSSR count). The Bertz CT molecular complexity index is 168. The first kappa shape index (κ1) is 15.3. The van der Waals surface area contributed by atoms with Gasteiger partial charge in [-0.15, -0.1) is 0 Å². The molecule has 0 N–H and O–H groups in total. The molecule has 0 aliphatic carbocycles. The maximum Gasteiger partial charge on any atom is 0.334 e. The summed E-state index contributed by atoms with van der Waals surface area (Å²) >= 11 is 0. The minimum absolute atomic E-state index is 0.748. The van der Waals surface area contributed by atoms with Crippen LogP contribution in [-0.2, 0) is 13.3 Å². The van der Waals surface area contributed by atoms with Gasteiger partial charge in [-0.05, 0) is 45.6 Å². The first-order valence-electron chi connectivity index (χ1n) is 5.72. The molecule has 0 aromatic carbocycles. The second kappa shape index (κ2) is 6.80. The van der Waals surface area contributed by atoms with Crippen molar-refractivity contribution in [3.8, 4) is 0 Å². The van der Waals surface area contributed by atoms with Crippen LogP contribution in [0.2, 0.25) is 31.7 Å². The summed E-state index contributed by atoms with van der Waals surface area (Å²) in [4.78, 5) is 0. The van der Waals surface area contributed by atoms with Gasteiger partial charge in [0.15, 0.2) is 8.32 Å². The summed E-state index contributed by atoms with van der Waals surface area (Å²) in [6.07, 6.45) is 0. The van der Waals surface area contributed by atoms with Crippen LogP contribution in [0, 0.1) is 0 Å². The Morgan fingerprint density at radius 2 is 1.33 bits per heavy atom. The molecule has 15 heavy (non-hydrogen) atoms. The number of hydrogen-bond acceptors (Lipinski definition) is 3. The van der Waals surface area contributed by atoms with E-state index in [-0.39, 0.29) is 0 Å². The first-order valence-corrected chi connectivity index (χ1v) is 11.4. The molecule has 92 valence electrons. The van der Waals surface area contributed by atoms with Gasteiger partial charge < -0.3 is 13.3 Å². The molecule has 0 saturated heterocycles. The molecule has 0 radical (unpaired) electrons. The topological polar surface area (TPSA) is 27.7 Å². The lowest BCUT2D eigenvalue weighted by atomic mass is 10.9. The summed E-state index contributed by atoms with van der Waals surface area (Å²) in [6.45, 7) is 12.2. The molecule has 0 unspecified atom stereocenters. The number of hydrogen-bond donors (Lipinski definition) is 0. The van der Waals surface area contributed by atoms with E-state index in [9.17, 15) is 0 Å². The van der Waals surface area contributed by atoms with Crippen LogP contribution in [-0.4, -0.2) is 37.2 Å². The van der Waals surface area contributed by atoms with Gasteiger partial charge in [-0.25, -0.2) is 0 Å². The van der Waals surface area contributed by atoms with Gasteiger partial charge >= 0.3 is 8.56 Å². The van der Waals surface area contributed by atoms with Gasteiger partial charge in [0.2, 0.25) is 0 Å². The van der Waals surface area contributed by atoms with Gasteiger partial charge in [-0.2, -0.15) is 0 Å². The summed E-state index contributed by atoms with van der Waals surface area (Å²) in [5.41, 5.74) is 0. The van der Waals surface area contributed by atoms with Crippen molar-refractivity contribution in [2.75, 3.05) is 20.3 Å². The van der Waals surface area contributed by atoms with Gasteiger partial charge in [0.25, 0.3) is 0 Å². The van der Waals surface area contributed by atoms with E-state index in [1.165, 1.54) is 0 Å². The maximum absolute atomic E-state index is 5.79. The Balaban J connectivity index is 4.17. The minimum atomic E-state index is -1.92. The van der Waals surface area contributed by atoms with E-state index in [1.54, 1.807) is 0 Å². The van der Waals surface area contributed by atoms with Crippen LogP contribution in [0.15, 0.2) is 0 Å². The molecular weight excluding hydrogens is 224 g/mol. The summed E-state index contributed by atoms with van der Waals surface area (Å²) in [5, 5.41) is 0. The van der Waals surface area contributed by atoms with Gasteiger partial charge in [-0.3, -0.25) is 0 Å². The van der Waals surface area contributed by atoms with Crippen LogP contribution >= 0.6 is 0 Å². The largest absolute Gasteiger partial charge is 0.420 e. The highest BCUT2D eigenvalue weighted by Crippen LogP contribution is 2.22. The van der Waals surface area contributed by atoms with Crippen LogP contribution in [0.4, 0.5) is 0 Å². The summed E-state index contributed by atoms with van der Waals surface area (Å²) < 4.78 is 17.1.